The maximum atomic E-state index is 11.2. The molecule has 0 atom stereocenters. The van der Waals surface area contributed by atoms with Crippen LogP contribution in [0.1, 0.15) is 25.8 Å². The maximum Gasteiger partial charge on any atom is 0.331 e. The highest BCUT2D eigenvalue weighted by Crippen LogP contribution is 2.27. The molecule has 0 aliphatic heterocycles. The zero-order valence-corrected chi connectivity index (χ0v) is 13.5. The van der Waals surface area contributed by atoms with Crippen molar-refractivity contribution in [3.63, 3.8) is 0 Å². The minimum atomic E-state index is -0.937. The average molecular weight is 309 g/mol. The van der Waals surface area contributed by atoms with E-state index in [9.17, 15) is 9.90 Å². The molecule has 1 aromatic heterocycles. The van der Waals surface area contributed by atoms with Gasteiger partial charge in [0.1, 0.15) is 0 Å². The highest BCUT2D eigenvalue weighted by atomic mass is 16.5. The van der Waals surface area contributed by atoms with Crippen molar-refractivity contribution >= 4 is 12.0 Å². The summed E-state index contributed by atoms with van der Waals surface area (Å²) in [6, 6.07) is 1.73. The third kappa shape index (κ3) is 5.37. The Balaban J connectivity index is 2.98. The molecule has 1 aromatic rings. The number of aromatic nitrogens is 1. The van der Waals surface area contributed by atoms with E-state index in [0.717, 1.165) is 6.42 Å². The van der Waals surface area contributed by atoms with E-state index in [2.05, 4.69) is 4.98 Å². The number of hydrogen-bond donors (Lipinski definition) is 1. The van der Waals surface area contributed by atoms with Crippen molar-refractivity contribution in [2.75, 3.05) is 27.4 Å². The Bertz CT molecular complexity index is 525. The molecular formula is C16H23NO5. The number of pyridine rings is 1. The van der Waals surface area contributed by atoms with E-state index < -0.39 is 5.97 Å². The quantitative estimate of drug-likeness (QED) is 0.558. The highest BCUT2D eigenvalue weighted by Gasteiger charge is 2.13. The number of aliphatic carboxylic acids is 1. The van der Waals surface area contributed by atoms with Gasteiger partial charge in [0.25, 0.3) is 5.88 Å². The lowest BCUT2D eigenvalue weighted by molar-refractivity contribution is -0.133. The third-order valence-corrected chi connectivity index (χ3v) is 2.97. The molecule has 22 heavy (non-hydrogen) atoms. The van der Waals surface area contributed by atoms with Crippen LogP contribution in [0.15, 0.2) is 17.8 Å². The molecule has 0 saturated heterocycles. The summed E-state index contributed by atoms with van der Waals surface area (Å²) in [7, 11) is 3.14. The second-order valence-corrected chi connectivity index (χ2v) is 5.03. The van der Waals surface area contributed by atoms with E-state index in [1.54, 1.807) is 25.4 Å². The van der Waals surface area contributed by atoms with Crippen LogP contribution in [-0.2, 0) is 9.53 Å². The lowest BCUT2D eigenvalue weighted by atomic mass is 10.0. The molecule has 0 radical (unpaired) electrons. The fourth-order valence-corrected chi connectivity index (χ4v) is 1.82. The van der Waals surface area contributed by atoms with E-state index in [1.807, 2.05) is 13.8 Å². The first kappa shape index (κ1) is 18.0. The van der Waals surface area contributed by atoms with Crippen LogP contribution in [-0.4, -0.2) is 43.5 Å². The first-order valence-electron chi connectivity index (χ1n) is 7.10. The molecule has 0 fully saturated rings. The zero-order valence-electron chi connectivity index (χ0n) is 13.5. The van der Waals surface area contributed by atoms with Gasteiger partial charge in [-0.25, -0.2) is 9.78 Å². The second kappa shape index (κ2) is 9.04. The van der Waals surface area contributed by atoms with Gasteiger partial charge >= 0.3 is 5.97 Å². The number of hydrogen-bond acceptors (Lipinski definition) is 5. The summed E-state index contributed by atoms with van der Waals surface area (Å²) in [4.78, 5) is 15.4. The predicted octanol–water partition coefficient (Wildman–Crippen LogP) is 2.63. The minimum absolute atomic E-state index is 0.0920. The SMILES string of the molecule is COCCCOc1cc(C=C(C(=O)O)C(C)C)cnc1OC. The average Bonchev–Trinajstić information content (AvgIpc) is 2.48. The smallest absolute Gasteiger partial charge is 0.331 e. The summed E-state index contributed by atoms with van der Waals surface area (Å²) in [6.07, 6.45) is 3.90. The molecule has 0 unspecified atom stereocenters. The summed E-state index contributed by atoms with van der Waals surface area (Å²) < 4.78 is 15.7. The number of carboxylic acid groups (broad SMARTS) is 1. The van der Waals surface area contributed by atoms with Crippen molar-refractivity contribution in [2.24, 2.45) is 5.92 Å². The lowest BCUT2D eigenvalue weighted by Gasteiger charge is -2.11. The van der Waals surface area contributed by atoms with Gasteiger partial charge in [-0.05, 0) is 23.6 Å². The van der Waals surface area contributed by atoms with Crippen LogP contribution in [0.3, 0.4) is 0 Å². The van der Waals surface area contributed by atoms with Gasteiger partial charge in [-0.1, -0.05) is 13.8 Å². The monoisotopic (exact) mass is 309 g/mol. The van der Waals surface area contributed by atoms with Gasteiger partial charge in [0.2, 0.25) is 0 Å². The third-order valence-electron chi connectivity index (χ3n) is 2.97. The Morgan fingerprint density at radius 3 is 2.64 bits per heavy atom. The molecule has 0 saturated carbocycles. The topological polar surface area (TPSA) is 77.9 Å². The van der Waals surface area contributed by atoms with Crippen molar-refractivity contribution in [3.05, 3.63) is 23.4 Å². The highest BCUT2D eigenvalue weighted by molar-refractivity contribution is 5.92. The standard InChI is InChI=1S/C16H23NO5/c1-11(2)13(16(18)19)8-12-9-14(15(21-4)17-10-12)22-7-5-6-20-3/h8-11H,5-7H2,1-4H3,(H,18,19). The molecule has 0 spiro atoms. The molecule has 0 aromatic carbocycles. The van der Waals surface area contributed by atoms with Crippen molar-refractivity contribution in [1.82, 2.24) is 4.98 Å². The van der Waals surface area contributed by atoms with Crippen molar-refractivity contribution in [3.8, 4) is 11.6 Å². The largest absolute Gasteiger partial charge is 0.488 e. The lowest BCUT2D eigenvalue weighted by Crippen LogP contribution is -2.07. The summed E-state index contributed by atoms with van der Waals surface area (Å²) >= 11 is 0. The van der Waals surface area contributed by atoms with Gasteiger partial charge in [-0.2, -0.15) is 0 Å². The van der Waals surface area contributed by atoms with Gasteiger partial charge in [-0.15, -0.1) is 0 Å². The first-order valence-corrected chi connectivity index (χ1v) is 7.10. The van der Waals surface area contributed by atoms with Crippen molar-refractivity contribution in [2.45, 2.75) is 20.3 Å². The Kier molecular flexibility index (Phi) is 7.39. The van der Waals surface area contributed by atoms with Crippen LogP contribution < -0.4 is 9.47 Å². The van der Waals surface area contributed by atoms with E-state index in [1.165, 1.54) is 7.11 Å². The maximum absolute atomic E-state index is 11.2. The van der Waals surface area contributed by atoms with Crippen LogP contribution in [0, 0.1) is 5.92 Å². The van der Waals surface area contributed by atoms with Gasteiger partial charge < -0.3 is 19.3 Å². The summed E-state index contributed by atoms with van der Waals surface area (Å²) in [5, 5.41) is 9.22. The molecule has 0 amide bonds. The number of ether oxygens (including phenoxy) is 3. The summed E-state index contributed by atoms with van der Waals surface area (Å²) in [5.74, 6) is -0.170. The van der Waals surface area contributed by atoms with Gasteiger partial charge in [0.05, 0.1) is 13.7 Å². The van der Waals surface area contributed by atoms with Crippen LogP contribution in [0.25, 0.3) is 6.08 Å². The molecule has 1 N–H and O–H groups in total. The Morgan fingerprint density at radius 1 is 1.36 bits per heavy atom. The van der Waals surface area contributed by atoms with E-state index >= 15 is 0 Å². The molecule has 122 valence electrons. The van der Waals surface area contributed by atoms with E-state index in [0.29, 0.717) is 36.0 Å². The molecule has 0 aliphatic carbocycles. The van der Waals surface area contributed by atoms with Gasteiger partial charge in [0, 0.05) is 31.9 Å². The predicted molar refractivity (Wildman–Crippen MR) is 83.2 cm³/mol. The fraction of sp³-hybridized carbons (Fsp3) is 0.500. The van der Waals surface area contributed by atoms with Crippen LogP contribution >= 0.6 is 0 Å². The first-order chi connectivity index (χ1) is 10.5. The molecule has 0 bridgehead atoms. The Labute approximate surface area is 130 Å². The fourth-order valence-electron chi connectivity index (χ4n) is 1.82. The Morgan fingerprint density at radius 2 is 2.09 bits per heavy atom. The number of nitrogens with zero attached hydrogens (tertiary/aromatic N) is 1. The van der Waals surface area contributed by atoms with Gasteiger partial charge in [-0.3, -0.25) is 0 Å². The van der Waals surface area contributed by atoms with Crippen LogP contribution in [0.2, 0.25) is 0 Å². The number of rotatable bonds is 9. The molecule has 1 heterocycles. The number of carbonyl (C=O) groups is 1. The van der Waals surface area contributed by atoms with Gasteiger partial charge in [0.15, 0.2) is 5.75 Å². The normalized spacial score (nSPS) is 11.6. The van der Waals surface area contributed by atoms with Crippen molar-refractivity contribution < 1.29 is 24.1 Å². The molecule has 6 heteroatoms. The second-order valence-electron chi connectivity index (χ2n) is 5.03. The summed E-state index contributed by atoms with van der Waals surface area (Å²) in [5.41, 5.74) is 0.978. The van der Waals surface area contributed by atoms with E-state index in [4.69, 9.17) is 14.2 Å². The molecular weight excluding hydrogens is 286 g/mol. The van der Waals surface area contributed by atoms with Crippen LogP contribution in [0.4, 0.5) is 0 Å². The van der Waals surface area contributed by atoms with Crippen molar-refractivity contribution in [1.29, 1.82) is 0 Å². The zero-order chi connectivity index (χ0) is 16.5. The van der Waals surface area contributed by atoms with E-state index in [-0.39, 0.29) is 5.92 Å². The molecule has 1 rings (SSSR count). The van der Waals surface area contributed by atoms with Crippen LogP contribution in [0.5, 0.6) is 11.6 Å². The molecule has 0 aliphatic rings. The Hall–Kier alpha value is -2.08. The number of carboxylic acids is 1. The summed E-state index contributed by atoms with van der Waals surface area (Å²) in [6.45, 7) is 4.74. The number of methoxy groups -OCH3 is 2. The molecule has 6 nitrogen and oxygen atoms in total. The minimum Gasteiger partial charge on any atom is -0.488 e.